The summed E-state index contributed by atoms with van der Waals surface area (Å²) in [6, 6.07) is 14.4. The maximum atomic E-state index is 14.1. The molecule has 3 aliphatic heterocycles. The van der Waals surface area contributed by atoms with Gasteiger partial charge >= 0.3 is 0 Å². The molecule has 5 atom stereocenters. The maximum Gasteiger partial charge on any atom is 0.246 e. The Balaban J connectivity index is 1.28. The summed E-state index contributed by atoms with van der Waals surface area (Å²) in [6.07, 6.45) is 10.9. The van der Waals surface area contributed by atoms with Gasteiger partial charge < -0.3 is 20.3 Å². The fraction of sp³-hybridized carbons (Fsp3) is 0.452. The average molecular weight is 580 g/mol. The monoisotopic (exact) mass is 579 g/mol. The van der Waals surface area contributed by atoms with E-state index in [2.05, 4.69) is 10.6 Å². The van der Waals surface area contributed by atoms with Gasteiger partial charge in [-0.1, -0.05) is 61.2 Å². The van der Waals surface area contributed by atoms with E-state index >= 15 is 0 Å². The van der Waals surface area contributed by atoms with Crippen molar-refractivity contribution < 1.29 is 19.1 Å². The zero-order chi connectivity index (χ0) is 27.9. The molecule has 2 aromatic carbocycles. The Kier molecular flexibility index (Phi) is 7.68. The number of nitrogens with one attached hydrogen (secondary N) is 2. The van der Waals surface area contributed by atoms with E-state index in [0.717, 1.165) is 36.1 Å². The van der Waals surface area contributed by atoms with Crippen LogP contribution in [-0.2, 0) is 25.5 Å². The second-order valence-electron chi connectivity index (χ2n) is 11.2. The number of nitrogens with zero attached hydrogens (tertiary/aromatic N) is 1. The summed E-state index contributed by atoms with van der Waals surface area (Å²) < 4.78 is 6.47. The van der Waals surface area contributed by atoms with Crippen LogP contribution in [0, 0.1) is 11.8 Å². The van der Waals surface area contributed by atoms with Crippen molar-refractivity contribution in [2.75, 3.05) is 18.1 Å². The predicted octanol–water partition coefficient (Wildman–Crippen LogP) is 4.84. The molecule has 9 heteroatoms. The molecule has 3 amide bonds. The van der Waals surface area contributed by atoms with Crippen molar-refractivity contribution in [1.29, 1.82) is 0 Å². The molecule has 1 aliphatic carbocycles. The number of hydrogen-bond donors (Lipinski definition) is 2. The number of halogens is 1. The van der Waals surface area contributed by atoms with Gasteiger partial charge in [0.25, 0.3) is 0 Å². The van der Waals surface area contributed by atoms with E-state index in [4.69, 9.17) is 16.3 Å². The Hall–Kier alpha value is -2.81. The van der Waals surface area contributed by atoms with Crippen LogP contribution >= 0.6 is 23.4 Å². The fourth-order valence-electron chi connectivity index (χ4n) is 6.86. The smallest absolute Gasteiger partial charge is 0.246 e. The van der Waals surface area contributed by atoms with Gasteiger partial charge in [0.15, 0.2) is 0 Å². The molecule has 4 aliphatic rings. The largest absolute Gasteiger partial charge is 0.359 e. The number of rotatable bonds is 8. The summed E-state index contributed by atoms with van der Waals surface area (Å²) in [5.74, 6) is -2.15. The normalized spacial score (nSPS) is 29.1. The minimum absolute atomic E-state index is 0.0929. The van der Waals surface area contributed by atoms with Crippen LogP contribution in [0.2, 0.25) is 5.02 Å². The molecule has 7 nitrogen and oxygen atoms in total. The number of carbonyl (C=O) groups excluding carboxylic acids is 3. The SMILES string of the molecule is CSc1cccc(NC(=O)[C@@H]2[C@@H]3C=C[C@]4(O3)[C@@H]2C(=O)N(CCc2ccc(Cl)cc2)[C@@H]4C(=O)NC2CCCCC2)c1. The van der Waals surface area contributed by atoms with Crippen LogP contribution in [0.15, 0.2) is 65.6 Å². The van der Waals surface area contributed by atoms with Gasteiger partial charge in [0.1, 0.15) is 11.6 Å². The molecule has 2 N–H and O–H groups in total. The summed E-state index contributed by atoms with van der Waals surface area (Å²) in [7, 11) is 0. The molecule has 210 valence electrons. The summed E-state index contributed by atoms with van der Waals surface area (Å²) in [4.78, 5) is 44.5. The Bertz CT molecular complexity index is 1330. The Morgan fingerprint density at radius 1 is 1.10 bits per heavy atom. The van der Waals surface area contributed by atoms with E-state index in [-0.39, 0.29) is 23.8 Å². The lowest BCUT2D eigenvalue weighted by molar-refractivity contribution is -0.141. The van der Waals surface area contributed by atoms with Crippen LogP contribution in [0.1, 0.15) is 37.7 Å². The highest BCUT2D eigenvalue weighted by atomic mass is 35.5. The van der Waals surface area contributed by atoms with Crippen molar-refractivity contribution in [3.05, 3.63) is 71.3 Å². The van der Waals surface area contributed by atoms with E-state index in [0.29, 0.717) is 23.7 Å². The van der Waals surface area contributed by atoms with Crippen LogP contribution < -0.4 is 10.6 Å². The van der Waals surface area contributed by atoms with Crippen molar-refractivity contribution in [1.82, 2.24) is 10.2 Å². The van der Waals surface area contributed by atoms with Gasteiger partial charge in [0.2, 0.25) is 17.7 Å². The molecule has 1 saturated carbocycles. The maximum absolute atomic E-state index is 14.1. The molecule has 6 rings (SSSR count). The molecule has 2 aromatic rings. The quantitative estimate of drug-likeness (QED) is 0.345. The molecule has 0 radical (unpaired) electrons. The van der Waals surface area contributed by atoms with Gasteiger partial charge in [0, 0.05) is 28.2 Å². The highest BCUT2D eigenvalue weighted by Crippen LogP contribution is 2.55. The number of ether oxygens (including phenoxy) is 1. The van der Waals surface area contributed by atoms with E-state index in [1.54, 1.807) is 16.7 Å². The molecule has 1 spiro atoms. The molecule has 0 unspecified atom stereocenters. The molecule has 40 heavy (non-hydrogen) atoms. The fourth-order valence-corrected chi connectivity index (χ4v) is 7.45. The third kappa shape index (κ3) is 4.95. The minimum Gasteiger partial charge on any atom is -0.359 e. The van der Waals surface area contributed by atoms with Crippen LogP contribution in [0.3, 0.4) is 0 Å². The Labute approximate surface area is 244 Å². The molecule has 3 fully saturated rings. The van der Waals surface area contributed by atoms with E-state index in [1.165, 1.54) is 6.42 Å². The van der Waals surface area contributed by atoms with E-state index in [1.807, 2.05) is 66.9 Å². The highest BCUT2D eigenvalue weighted by molar-refractivity contribution is 7.98. The zero-order valence-corrected chi connectivity index (χ0v) is 24.0. The van der Waals surface area contributed by atoms with Gasteiger partial charge in [-0.3, -0.25) is 14.4 Å². The number of anilines is 1. The van der Waals surface area contributed by atoms with Crippen LogP contribution in [0.4, 0.5) is 5.69 Å². The van der Waals surface area contributed by atoms with Gasteiger partial charge in [-0.05, 0) is 61.4 Å². The topological polar surface area (TPSA) is 87.7 Å². The van der Waals surface area contributed by atoms with Crippen molar-refractivity contribution in [2.24, 2.45) is 11.8 Å². The van der Waals surface area contributed by atoms with Gasteiger partial charge in [-0.25, -0.2) is 0 Å². The van der Waals surface area contributed by atoms with E-state index in [9.17, 15) is 14.4 Å². The predicted molar refractivity (Wildman–Crippen MR) is 156 cm³/mol. The summed E-state index contributed by atoms with van der Waals surface area (Å²) in [6.45, 7) is 0.341. The molecule has 3 heterocycles. The van der Waals surface area contributed by atoms with Gasteiger partial charge in [-0.15, -0.1) is 11.8 Å². The minimum atomic E-state index is -1.16. The lowest BCUT2D eigenvalue weighted by Gasteiger charge is -2.34. The zero-order valence-electron chi connectivity index (χ0n) is 22.5. The number of amides is 3. The number of thioether (sulfide) groups is 1. The molecule has 2 bridgehead atoms. The summed E-state index contributed by atoms with van der Waals surface area (Å²) >= 11 is 7.66. The van der Waals surface area contributed by atoms with Crippen molar-refractivity contribution in [2.45, 2.75) is 67.2 Å². The molecular formula is C31H34ClN3O4S. The standard InChI is InChI=1S/C31H34ClN3O4S/c1-40-23-9-5-8-22(18-23)34-28(36)25-24-14-16-31(39-24)26(25)30(38)35(17-15-19-10-12-20(32)13-11-19)27(31)29(37)33-21-6-3-2-4-7-21/h5,8-14,16,18,21,24-27H,2-4,6-7,15,17H2,1H3,(H,33,37)(H,34,36)/t24-,25+,26-,27+,31-/m0/s1. The van der Waals surface area contributed by atoms with Gasteiger partial charge in [0.05, 0.1) is 17.9 Å². The Morgan fingerprint density at radius 3 is 2.62 bits per heavy atom. The van der Waals surface area contributed by atoms with Crippen LogP contribution in [0.25, 0.3) is 0 Å². The summed E-state index contributed by atoms with van der Waals surface area (Å²) in [5, 5.41) is 6.89. The number of carbonyl (C=O) groups is 3. The lowest BCUT2D eigenvalue weighted by atomic mass is 9.74. The van der Waals surface area contributed by atoms with E-state index < -0.39 is 29.6 Å². The summed E-state index contributed by atoms with van der Waals surface area (Å²) in [5.41, 5.74) is 0.528. The third-order valence-corrected chi connectivity index (χ3v) is 9.75. The molecule has 2 saturated heterocycles. The Morgan fingerprint density at radius 2 is 1.88 bits per heavy atom. The van der Waals surface area contributed by atoms with Crippen molar-refractivity contribution >= 4 is 46.8 Å². The third-order valence-electron chi connectivity index (χ3n) is 8.77. The lowest BCUT2D eigenvalue weighted by Crippen LogP contribution is -2.56. The van der Waals surface area contributed by atoms with Crippen LogP contribution in [0.5, 0.6) is 0 Å². The molecule has 0 aromatic heterocycles. The number of benzene rings is 2. The second-order valence-corrected chi connectivity index (χ2v) is 12.5. The first-order chi connectivity index (χ1) is 19.4. The first-order valence-electron chi connectivity index (χ1n) is 14.1. The first kappa shape index (κ1) is 27.4. The van der Waals surface area contributed by atoms with Crippen LogP contribution in [-0.4, -0.2) is 59.2 Å². The van der Waals surface area contributed by atoms with Crippen molar-refractivity contribution in [3.63, 3.8) is 0 Å². The number of fused-ring (bicyclic) bond motifs is 1. The van der Waals surface area contributed by atoms with Crippen molar-refractivity contribution in [3.8, 4) is 0 Å². The van der Waals surface area contributed by atoms with Gasteiger partial charge in [-0.2, -0.15) is 0 Å². The number of hydrogen-bond acceptors (Lipinski definition) is 5. The average Bonchev–Trinajstić information content (AvgIpc) is 3.60. The first-order valence-corrected chi connectivity index (χ1v) is 15.7. The molecular weight excluding hydrogens is 546 g/mol. The number of likely N-dealkylation sites (tertiary alicyclic amines) is 1. The second kappa shape index (κ2) is 11.2. The highest BCUT2D eigenvalue weighted by Gasteiger charge is 2.72.